The first kappa shape index (κ1) is 15.4. The lowest BCUT2D eigenvalue weighted by Gasteiger charge is -2.15. The van der Waals surface area contributed by atoms with E-state index in [1.807, 2.05) is 11.9 Å². The van der Waals surface area contributed by atoms with E-state index in [-0.39, 0.29) is 17.5 Å². The Kier molecular flexibility index (Phi) is 7.33. The van der Waals surface area contributed by atoms with Gasteiger partial charge in [-0.1, -0.05) is 6.92 Å². The number of methoxy groups -OCH3 is 1. The third-order valence-electron chi connectivity index (χ3n) is 2.36. The van der Waals surface area contributed by atoms with Gasteiger partial charge < -0.3 is 9.64 Å². The lowest BCUT2D eigenvalue weighted by molar-refractivity contribution is -0.140. The number of nitrogens with zero attached hydrogens (tertiary/aromatic N) is 1. The second-order valence-corrected chi connectivity index (χ2v) is 6.19. The molecule has 0 aromatic heterocycles. The molecule has 0 saturated heterocycles. The minimum Gasteiger partial charge on any atom is -0.469 e. The second-order valence-electron chi connectivity index (χ2n) is 3.72. The van der Waals surface area contributed by atoms with E-state index in [1.165, 1.54) is 7.11 Å². The van der Waals surface area contributed by atoms with Crippen molar-refractivity contribution in [3.63, 3.8) is 0 Å². The molecule has 0 aromatic rings. The largest absolute Gasteiger partial charge is 0.469 e. The average molecular weight is 251 g/mol. The summed E-state index contributed by atoms with van der Waals surface area (Å²) >= 11 is 0. The lowest BCUT2D eigenvalue weighted by Crippen LogP contribution is -2.25. The van der Waals surface area contributed by atoms with Crippen LogP contribution in [0.15, 0.2) is 0 Å². The van der Waals surface area contributed by atoms with Gasteiger partial charge in [0.15, 0.2) is 0 Å². The summed E-state index contributed by atoms with van der Waals surface area (Å²) in [5.74, 6) is 0.165. The molecule has 0 saturated carbocycles. The minimum absolute atomic E-state index is 0.193. The molecular weight excluding hydrogens is 230 g/mol. The van der Waals surface area contributed by atoms with E-state index in [0.717, 1.165) is 0 Å². The molecule has 0 aromatic carbocycles. The van der Waals surface area contributed by atoms with E-state index in [2.05, 4.69) is 4.74 Å². The van der Waals surface area contributed by atoms with Crippen molar-refractivity contribution in [1.29, 1.82) is 0 Å². The molecule has 5 nitrogen and oxygen atoms in total. The fourth-order valence-electron chi connectivity index (χ4n) is 1.19. The molecule has 0 aliphatic carbocycles. The molecule has 0 unspecified atom stereocenters. The Hall–Kier alpha value is -0.620. The van der Waals surface area contributed by atoms with Crippen LogP contribution in [0.1, 0.15) is 19.8 Å². The highest BCUT2D eigenvalue weighted by atomic mass is 32.2. The van der Waals surface area contributed by atoms with Gasteiger partial charge in [0.05, 0.1) is 19.3 Å². The van der Waals surface area contributed by atoms with Gasteiger partial charge in [0.1, 0.15) is 9.84 Å². The fraction of sp³-hybridized carbons (Fsp3) is 0.900. The maximum atomic E-state index is 11.2. The molecule has 0 heterocycles. The van der Waals surface area contributed by atoms with Crippen LogP contribution in [-0.2, 0) is 19.4 Å². The summed E-state index contributed by atoms with van der Waals surface area (Å²) in [5.41, 5.74) is 0. The molecule has 0 rings (SSSR count). The topological polar surface area (TPSA) is 63.7 Å². The van der Waals surface area contributed by atoms with Gasteiger partial charge in [-0.25, -0.2) is 8.42 Å². The first-order chi connectivity index (χ1) is 7.41. The van der Waals surface area contributed by atoms with Crippen LogP contribution >= 0.6 is 0 Å². The number of hydrogen-bond acceptors (Lipinski definition) is 5. The Balaban J connectivity index is 3.66. The number of sulfone groups is 1. The van der Waals surface area contributed by atoms with Crippen molar-refractivity contribution < 1.29 is 17.9 Å². The van der Waals surface area contributed by atoms with Crippen molar-refractivity contribution in [2.75, 3.05) is 38.8 Å². The van der Waals surface area contributed by atoms with Gasteiger partial charge in [-0.15, -0.1) is 0 Å². The summed E-state index contributed by atoms with van der Waals surface area (Å²) in [7, 11) is 0.351. The van der Waals surface area contributed by atoms with Gasteiger partial charge in [-0.05, 0) is 20.0 Å². The summed E-state index contributed by atoms with van der Waals surface area (Å²) in [6.45, 7) is 2.92. The molecular formula is C10H21NO4S. The Morgan fingerprint density at radius 3 is 2.44 bits per heavy atom. The number of carbonyl (C=O) groups is 1. The number of rotatable bonds is 8. The monoisotopic (exact) mass is 251 g/mol. The molecule has 16 heavy (non-hydrogen) atoms. The predicted octanol–water partition coefficient (Wildman–Crippen LogP) is 0.306. The molecule has 6 heteroatoms. The molecule has 0 bridgehead atoms. The maximum Gasteiger partial charge on any atom is 0.306 e. The van der Waals surface area contributed by atoms with Crippen LogP contribution in [0, 0.1) is 0 Å². The second kappa shape index (κ2) is 7.62. The van der Waals surface area contributed by atoms with E-state index in [0.29, 0.717) is 25.9 Å². The Morgan fingerprint density at radius 2 is 1.94 bits per heavy atom. The Morgan fingerprint density at radius 1 is 1.31 bits per heavy atom. The van der Waals surface area contributed by atoms with Crippen molar-refractivity contribution in [3.05, 3.63) is 0 Å². The molecule has 0 aliphatic rings. The third-order valence-corrected chi connectivity index (χ3v) is 4.15. The first-order valence-corrected chi connectivity index (χ1v) is 7.19. The zero-order chi connectivity index (χ0) is 12.6. The van der Waals surface area contributed by atoms with Gasteiger partial charge >= 0.3 is 5.97 Å². The van der Waals surface area contributed by atoms with Crippen LogP contribution in [0.25, 0.3) is 0 Å². The molecule has 0 spiro atoms. The summed E-state index contributed by atoms with van der Waals surface area (Å²) in [5, 5.41) is 0. The molecule has 0 amide bonds. The SMILES string of the molecule is CCS(=O)(=O)CCCN(C)CCC(=O)OC. The van der Waals surface area contributed by atoms with E-state index >= 15 is 0 Å². The number of carbonyl (C=O) groups excluding carboxylic acids is 1. The van der Waals surface area contributed by atoms with Crippen LogP contribution in [0.2, 0.25) is 0 Å². The van der Waals surface area contributed by atoms with Crippen LogP contribution < -0.4 is 0 Å². The lowest BCUT2D eigenvalue weighted by atomic mass is 10.3. The highest BCUT2D eigenvalue weighted by Gasteiger charge is 2.08. The number of esters is 1. The fourth-order valence-corrected chi connectivity index (χ4v) is 2.05. The third kappa shape index (κ3) is 7.64. The number of ether oxygens (including phenoxy) is 1. The maximum absolute atomic E-state index is 11.2. The minimum atomic E-state index is -2.87. The van der Waals surface area contributed by atoms with E-state index in [4.69, 9.17) is 0 Å². The standard InChI is InChI=1S/C10H21NO4S/c1-4-16(13,14)9-5-7-11(2)8-6-10(12)15-3/h4-9H2,1-3H3. The van der Waals surface area contributed by atoms with Crippen LogP contribution in [0.4, 0.5) is 0 Å². The van der Waals surface area contributed by atoms with Crippen molar-refractivity contribution in [3.8, 4) is 0 Å². The molecule has 0 radical (unpaired) electrons. The van der Waals surface area contributed by atoms with Crippen LogP contribution in [0.3, 0.4) is 0 Å². The Bertz CT molecular complexity index is 300. The quantitative estimate of drug-likeness (QED) is 0.581. The smallest absolute Gasteiger partial charge is 0.306 e. The van der Waals surface area contributed by atoms with Crippen molar-refractivity contribution in [1.82, 2.24) is 4.90 Å². The van der Waals surface area contributed by atoms with Gasteiger partial charge in [0, 0.05) is 12.3 Å². The predicted molar refractivity (Wildman–Crippen MR) is 63.1 cm³/mol. The molecule has 96 valence electrons. The van der Waals surface area contributed by atoms with Gasteiger partial charge in [-0.2, -0.15) is 0 Å². The van der Waals surface area contributed by atoms with Crippen molar-refractivity contribution in [2.24, 2.45) is 0 Å². The molecule has 0 atom stereocenters. The molecule has 0 aliphatic heterocycles. The highest BCUT2D eigenvalue weighted by Crippen LogP contribution is 1.97. The van der Waals surface area contributed by atoms with Crippen molar-refractivity contribution in [2.45, 2.75) is 19.8 Å². The summed E-state index contributed by atoms with van der Waals surface area (Å²) in [6.07, 6.45) is 0.946. The zero-order valence-electron chi connectivity index (χ0n) is 10.2. The Labute approximate surface area is 97.7 Å². The van der Waals surface area contributed by atoms with Gasteiger partial charge in [-0.3, -0.25) is 4.79 Å². The average Bonchev–Trinajstić information content (AvgIpc) is 2.25. The molecule has 0 N–H and O–H groups in total. The van der Waals surface area contributed by atoms with E-state index in [9.17, 15) is 13.2 Å². The van der Waals surface area contributed by atoms with E-state index < -0.39 is 9.84 Å². The van der Waals surface area contributed by atoms with Crippen molar-refractivity contribution >= 4 is 15.8 Å². The normalized spacial score (nSPS) is 11.8. The molecule has 0 fully saturated rings. The van der Waals surface area contributed by atoms with Crippen LogP contribution in [0.5, 0.6) is 0 Å². The summed E-state index contributed by atoms with van der Waals surface area (Å²) < 4.78 is 26.9. The van der Waals surface area contributed by atoms with E-state index in [1.54, 1.807) is 6.92 Å². The first-order valence-electron chi connectivity index (χ1n) is 5.37. The number of hydrogen-bond donors (Lipinski definition) is 0. The van der Waals surface area contributed by atoms with Gasteiger partial charge in [0.25, 0.3) is 0 Å². The summed E-state index contributed by atoms with van der Waals surface area (Å²) in [6, 6.07) is 0. The van der Waals surface area contributed by atoms with Crippen LogP contribution in [-0.4, -0.2) is 58.0 Å². The summed E-state index contributed by atoms with van der Waals surface area (Å²) in [4.78, 5) is 12.8. The highest BCUT2D eigenvalue weighted by molar-refractivity contribution is 7.91. The zero-order valence-corrected chi connectivity index (χ0v) is 11.0. The van der Waals surface area contributed by atoms with Gasteiger partial charge in [0.2, 0.25) is 0 Å².